The minimum Gasteiger partial charge on any atom is -0.393 e. The van der Waals surface area contributed by atoms with Gasteiger partial charge in [0.1, 0.15) is 0 Å². The number of rotatable bonds is 4. The first-order valence-electron chi connectivity index (χ1n) is 13.0. The van der Waals surface area contributed by atoms with E-state index in [0.717, 1.165) is 29.0 Å². The van der Waals surface area contributed by atoms with Gasteiger partial charge >= 0.3 is 0 Å². The number of fused-ring (bicyclic) bond motifs is 1. The van der Waals surface area contributed by atoms with Crippen LogP contribution in [-0.4, -0.2) is 46.5 Å². The van der Waals surface area contributed by atoms with E-state index in [1.54, 1.807) is 5.57 Å². The fraction of sp³-hybridized carbons (Fsp3) is 0.786. The Labute approximate surface area is 190 Å². The number of hydrogen-bond acceptors (Lipinski definition) is 3. The van der Waals surface area contributed by atoms with Crippen molar-refractivity contribution in [1.29, 1.82) is 0 Å². The van der Waals surface area contributed by atoms with Crippen LogP contribution in [-0.2, 0) is 0 Å². The SMILES string of the molecule is C=C1/C(=C/C=C2\CCC[C@]3(C)[C@@H]([C@H](C)CN4CCCC[C@@H]4C)CC[C@@H]23)CC(O)CC1O. The van der Waals surface area contributed by atoms with Crippen LogP contribution in [0.5, 0.6) is 0 Å². The van der Waals surface area contributed by atoms with Crippen LogP contribution in [0.4, 0.5) is 0 Å². The largest absolute Gasteiger partial charge is 0.393 e. The summed E-state index contributed by atoms with van der Waals surface area (Å²) in [5.74, 6) is 2.27. The predicted molar refractivity (Wildman–Crippen MR) is 129 cm³/mol. The standard InChI is InChI=1S/C28H45NO2/c1-19(18-29-15-6-5-8-20(29)2)25-12-13-26-22(9-7-14-28(25,26)4)10-11-23-16-24(30)17-27(31)21(23)3/h10-11,19-20,24-27,30-31H,3,5-9,12-18H2,1-2,4H3/b22-10+,23-11+/t19-,20+,24?,25-,26+,27?,28-/m1/s1. The molecule has 4 aliphatic rings. The lowest BCUT2D eigenvalue weighted by atomic mass is 9.61. The number of piperidine rings is 1. The second-order valence-electron chi connectivity index (χ2n) is 11.5. The molecule has 2 unspecified atom stereocenters. The highest BCUT2D eigenvalue weighted by Gasteiger charge is 2.50. The molecule has 4 rings (SSSR count). The van der Waals surface area contributed by atoms with Crippen LogP contribution in [0, 0.1) is 23.2 Å². The van der Waals surface area contributed by atoms with Gasteiger partial charge in [0.15, 0.2) is 0 Å². The lowest BCUT2D eigenvalue weighted by Gasteiger charge is -2.46. The van der Waals surface area contributed by atoms with E-state index in [0.29, 0.717) is 24.2 Å². The van der Waals surface area contributed by atoms with Crippen molar-refractivity contribution in [3.8, 4) is 0 Å². The van der Waals surface area contributed by atoms with Crippen LogP contribution in [0.25, 0.3) is 0 Å². The number of aliphatic hydroxyl groups is 2. The van der Waals surface area contributed by atoms with Gasteiger partial charge in [0.2, 0.25) is 0 Å². The zero-order valence-electron chi connectivity index (χ0n) is 20.2. The molecule has 0 bridgehead atoms. The van der Waals surface area contributed by atoms with Gasteiger partial charge in [-0.25, -0.2) is 0 Å². The van der Waals surface area contributed by atoms with Crippen molar-refractivity contribution in [2.75, 3.05) is 13.1 Å². The Bertz CT molecular complexity index is 725. The number of allylic oxidation sites excluding steroid dienone is 3. The molecule has 1 aliphatic heterocycles. The zero-order chi connectivity index (χ0) is 22.2. The Morgan fingerprint density at radius 3 is 2.74 bits per heavy atom. The molecule has 1 heterocycles. The number of aliphatic hydroxyl groups excluding tert-OH is 2. The van der Waals surface area contributed by atoms with Gasteiger partial charge in [-0.05, 0) is 99.1 Å². The molecule has 3 nitrogen and oxygen atoms in total. The molecule has 174 valence electrons. The zero-order valence-corrected chi connectivity index (χ0v) is 20.2. The quantitative estimate of drug-likeness (QED) is 0.610. The third kappa shape index (κ3) is 4.75. The van der Waals surface area contributed by atoms with E-state index < -0.39 is 12.2 Å². The summed E-state index contributed by atoms with van der Waals surface area (Å²) in [6.45, 7) is 14.2. The molecule has 0 radical (unpaired) electrons. The lowest BCUT2D eigenvalue weighted by Crippen LogP contribution is -2.44. The van der Waals surface area contributed by atoms with Gasteiger partial charge in [0, 0.05) is 19.0 Å². The molecule has 31 heavy (non-hydrogen) atoms. The molecular formula is C28H45NO2. The number of nitrogens with zero attached hydrogens (tertiary/aromatic N) is 1. The highest BCUT2D eigenvalue weighted by atomic mass is 16.3. The maximum Gasteiger partial charge on any atom is 0.0811 e. The van der Waals surface area contributed by atoms with Crippen molar-refractivity contribution < 1.29 is 10.2 Å². The molecule has 1 saturated heterocycles. The average molecular weight is 428 g/mol. The first-order chi connectivity index (χ1) is 14.8. The van der Waals surface area contributed by atoms with Crippen LogP contribution < -0.4 is 0 Å². The average Bonchev–Trinajstić information content (AvgIpc) is 3.09. The molecule has 7 atom stereocenters. The molecule has 0 aromatic rings. The first kappa shape index (κ1) is 23.3. The van der Waals surface area contributed by atoms with Crippen LogP contribution in [0.3, 0.4) is 0 Å². The summed E-state index contributed by atoms with van der Waals surface area (Å²) in [4.78, 5) is 2.76. The molecular weight excluding hydrogens is 382 g/mol. The van der Waals surface area contributed by atoms with Gasteiger partial charge in [0.25, 0.3) is 0 Å². The third-order valence-electron chi connectivity index (χ3n) is 9.45. The van der Waals surface area contributed by atoms with E-state index in [9.17, 15) is 10.2 Å². The minimum absolute atomic E-state index is 0.419. The summed E-state index contributed by atoms with van der Waals surface area (Å²) >= 11 is 0. The molecule has 3 aliphatic carbocycles. The molecule has 4 fully saturated rings. The normalized spacial score (nSPS) is 43.4. The summed E-state index contributed by atoms with van der Waals surface area (Å²) in [7, 11) is 0. The fourth-order valence-corrected chi connectivity index (χ4v) is 7.61. The third-order valence-corrected chi connectivity index (χ3v) is 9.45. The summed E-state index contributed by atoms with van der Waals surface area (Å²) in [6, 6.07) is 0.754. The maximum atomic E-state index is 10.2. The summed E-state index contributed by atoms with van der Waals surface area (Å²) in [5.41, 5.74) is 3.86. The van der Waals surface area contributed by atoms with Crippen molar-refractivity contribution in [2.45, 2.75) is 103 Å². The van der Waals surface area contributed by atoms with Crippen LogP contribution in [0.1, 0.15) is 85.0 Å². The van der Waals surface area contributed by atoms with Crippen molar-refractivity contribution in [3.05, 3.63) is 35.5 Å². The first-order valence-corrected chi connectivity index (χ1v) is 13.0. The number of hydrogen-bond donors (Lipinski definition) is 2. The Hall–Kier alpha value is -0.900. The molecule has 3 saturated carbocycles. The monoisotopic (exact) mass is 427 g/mol. The van der Waals surface area contributed by atoms with Crippen LogP contribution in [0.15, 0.2) is 35.5 Å². The second kappa shape index (κ2) is 9.53. The van der Waals surface area contributed by atoms with Gasteiger partial charge < -0.3 is 15.1 Å². The molecule has 0 spiro atoms. The van der Waals surface area contributed by atoms with Crippen LogP contribution in [0.2, 0.25) is 0 Å². The lowest BCUT2D eigenvalue weighted by molar-refractivity contribution is 0.0598. The van der Waals surface area contributed by atoms with E-state index in [2.05, 4.69) is 44.4 Å². The van der Waals surface area contributed by atoms with Crippen LogP contribution >= 0.6 is 0 Å². The Balaban J connectivity index is 1.48. The molecule has 0 aromatic heterocycles. The fourth-order valence-electron chi connectivity index (χ4n) is 7.61. The van der Waals surface area contributed by atoms with E-state index >= 15 is 0 Å². The Morgan fingerprint density at radius 1 is 1.16 bits per heavy atom. The molecule has 0 amide bonds. The Kier molecular flexibility index (Phi) is 7.15. The van der Waals surface area contributed by atoms with E-state index in [1.807, 2.05) is 0 Å². The highest BCUT2D eigenvalue weighted by molar-refractivity contribution is 5.38. The topological polar surface area (TPSA) is 43.7 Å². The van der Waals surface area contributed by atoms with Gasteiger partial charge in [-0.15, -0.1) is 0 Å². The minimum atomic E-state index is -0.598. The summed E-state index contributed by atoms with van der Waals surface area (Å²) < 4.78 is 0. The van der Waals surface area contributed by atoms with Crippen molar-refractivity contribution in [1.82, 2.24) is 4.90 Å². The predicted octanol–water partition coefficient (Wildman–Crippen LogP) is 5.64. The number of likely N-dealkylation sites (tertiary alicyclic amines) is 1. The van der Waals surface area contributed by atoms with Gasteiger partial charge in [0.05, 0.1) is 12.2 Å². The molecule has 0 aromatic carbocycles. The van der Waals surface area contributed by atoms with E-state index in [4.69, 9.17) is 0 Å². The van der Waals surface area contributed by atoms with Crippen molar-refractivity contribution in [2.24, 2.45) is 23.2 Å². The van der Waals surface area contributed by atoms with Gasteiger partial charge in [-0.2, -0.15) is 0 Å². The van der Waals surface area contributed by atoms with Crippen molar-refractivity contribution >= 4 is 0 Å². The molecule has 2 N–H and O–H groups in total. The van der Waals surface area contributed by atoms with Crippen molar-refractivity contribution in [3.63, 3.8) is 0 Å². The van der Waals surface area contributed by atoms with Gasteiger partial charge in [-0.1, -0.05) is 44.6 Å². The van der Waals surface area contributed by atoms with Gasteiger partial charge in [-0.3, -0.25) is 0 Å². The Morgan fingerprint density at radius 2 is 1.97 bits per heavy atom. The smallest absolute Gasteiger partial charge is 0.0811 e. The molecule has 3 heteroatoms. The van der Waals surface area contributed by atoms with E-state index in [-0.39, 0.29) is 0 Å². The maximum absolute atomic E-state index is 10.2. The second-order valence-corrected chi connectivity index (χ2v) is 11.5. The summed E-state index contributed by atoms with van der Waals surface area (Å²) in [6.07, 6.45) is 15.2. The van der Waals surface area contributed by atoms with E-state index in [1.165, 1.54) is 64.5 Å². The summed E-state index contributed by atoms with van der Waals surface area (Å²) in [5, 5.41) is 20.2. The highest BCUT2D eigenvalue weighted by Crippen LogP contribution is 2.59.